The Kier molecular flexibility index (Phi) is 6.45. The van der Waals surface area contributed by atoms with E-state index in [-0.39, 0.29) is 23.4 Å². The number of sulfonamides is 1. The minimum atomic E-state index is -3.65. The number of thiophene rings is 1. The fourth-order valence-corrected chi connectivity index (χ4v) is 4.81. The molecule has 2 heterocycles. The van der Waals surface area contributed by atoms with Crippen molar-refractivity contribution in [3.8, 4) is 5.69 Å². The molecule has 0 saturated heterocycles. The van der Waals surface area contributed by atoms with Crippen molar-refractivity contribution in [2.75, 3.05) is 0 Å². The van der Waals surface area contributed by atoms with Crippen LogP contribution in [0.4, 0.5) is 0 Å². The van der Waals surface area contributed by atoms with Crippen molar-refractivity contribution in [1.82, 2.24) is 24.8 Å². The first-order chi connectivity index (χ1) is 15.4. The summed E-state index contributed by atoms with van der Waals surface area (Å²) in [5, 5.41) is 8.91. The van der Waals surface area contributed by atoms with Gasteiger partial charge in [0.15, 0.2) is 0 Å². The first kappa shape index (κ1) is 21.9. The molecule has 2 aromatic heterocycles. The van der Waals surface area contributed by atoms with E-state index in [0.29, 0.717) is 5.56 Å². The highest BCUT2D eigenvalue weighted by Crippen LogP contribution is 2.17. The summed E-state index contributed by atoms with van der Waals surface area (Å²) in [6, 6.07) is 17.0. The molecular weight excluding hydrogens is 446 g/mol. The zero-order valence-corrected chi connectivity index (χ0v) is 18.8. The number of hydrogen-bond donors (Lipinski definition) is 2. The Bertz CT molecular complexity index is 1270. The zero-order valence-electron chi connectivity index (χ0n) is 17.2. The molecule has 2 aromatic carbocycles. The molecule has 0 spiro atoms. The number of aromatic nitrogens is 3. The Balaban J connectivity index is 1.38. The van der Waals surface area contributed by atoms with Crippen LogP contribution in [0, 0.1) is 0 Å². The number of nitrogens with one attached hydrogen (secondary N) is 2. The third kappa shape index (κ3) is 5.10. The predicted octanol–water partition coefficient (Wildman–Crippen LogP) is 3.30. The van der Waals surface area contributed by atoms with Gasteiger partial charge >= 0.3 is 0 Å². The molecule has 0 aliphatic heterocycles. The summed E-state index contributed by atoms with van der Waals surface area (Å²) < 4.78 is 29.2. The van der Waals surface area contributed by atoms with Crippen LogP contribution >= 0.6 is 11.3 Å². The largest absolute Gasteiger partial charge is 0.346 e. The predicted molar refractivity (Wildman–Crippen MR) is 122 cm³/mol. The average molecular weight is 468 g/mol. The molecule has 10 heteroatoms. The highest BCUT2D eigenvalue weighted by molar-refractivity contribution is 7.89. The molecule has 2 N–H and O–H groups in total. The van der Waals surface area contributed by atoms with Gasteiger partial charge in [-0.1, -0.05) is 18.2 Å². The van der Waals surface area contributed by atoms with E-state index in [2.05, 4.69) is 20.1 Å². The molecule has 0 aliphatic rings. The highest BCUT2D eigenvalue weighted by atomic mass is 32.2. The molecule has 32 heavy (non-hydrogen) atoms. The number of carbonyl (C=O) groups is 1. The molecule has 0 bridgehead atoms. The number of carbonyl (C=O) groups excluding carboxylic acids is 1. The third-order valence-corrected chi connectivity index (χ3v) is 7.16. The van der Waals surface area contributed by atoms with E-state index in [1.54, 1.807) is 11.0 Å². The highest BCUT2D eigenvalue weighted by Gasteiger charge is 2.16. The molecular formula is C22H21N5O3S2. The van der Waals surface area contributed by atoms with Crippen LogP contribution in [0.1, 0.15) is 33.8 Å². The first-order valence-corrected chi connectivity index (χ1v) is 12.2. The van der Waals surface area contributed by atoms with E-state index in [1.165, 1.54) is 41.9 Å². The lowest BCUT2D eigenvalue weighted by Gasteiger charge is -2.15. The standard InChI is InChI=1S/C22H21N5O3S2/c1-16(17-4-8-19(9-5-17)27-15-23-14-24-27)26-22(28)18-6-10-21(11-7-18)32(29,30)25-13-20-3-2-12-31-20/h2-12,14-16,25H,13H2,1H3,(H,26,28). The molecule has 1 atom stereocenters. The SMILES string of the molecule is CC(NC(=O)c1ccc(S(=O)(=O)NCc2cccs2)cc1)c1ccc(-n2cncn2)cc1. The maximum atomic E-state index is 12.6. The van der Waals surface area contributed by atoms with E-state index in [1.807, 2.05) is 48.7 Å². The van der Waals surface area contributed by atoms with Crippen LogP contribution < -0.4 is 10.0 Å². The van der Waals surface area contributed by atoms with Crippen molar-refractivity contribution in [2.24, 2.45) is 0 Å². The number of amides is 1. The lowest BCUT2D eigenvalue weighted by atomic mass is 10.1. The van der Waals surface area contributed by atoms with Crippen molar-refractivity contribution in [2.45, 2.75) is 24.4 Å². The Morgan fingerprint density at radius 3 is 2.47 bits per heavy atom. The molecule has 1 amide bonds. The van der Waals surface area contributed by atoms with Gasteiger partial charge < -0.3 is 5.32 Å². The second kappa shape index (κ2) is 9.43. The molecule has 164 valence electrons. The number of nitrogens with zero attached hydrogens (tertiary/aromatic N) is 3. The van der Waals surface area contributed by atoms with E-state index < -0.39 is 10.0 Å². The van der Waals surface area contributed by atoms with Crippen LogP contribution in [0.3, 0.4) is 0 Å². The van der Waals surface area contributed by atoms with Crippen LogP contribution in [0.5, 0.6) is 0 Å². The summed E-state index contributed by atoms with van der Waals surface area (Å²) in [7, 11) is -3.65. The summed E-state index contributed by atoms with van der Waals surface area (Å²) in [6.07, 6.45) is 3.08. The average Bonchev–Trinajstić information content (AvgIpc) is 3.52. The van der Waals surface area contributed by atoms with E-state index in [9.17, 15) is 13.2 Å². The Morgan fingerprint density at radius 2 is 1.84 bits per heavy atom. The van der Waals surface area contributed by atoms with Gasteiger partial charge in [0.25, 0.3) is 5.91 Å². The topological polar surface area (TPSA) is 106 Å². The van der Waals surface area contributed by atoms with Gasteiger partial charge in [-0.25, -0.2) is 22.8 Å². The second-order valence-electron chi connectivity index (χ2n) is 7.06. The first-order valence-electron chi connectivity index (χ1n) is 9.80. The number of hydrogen-bond acceptors (Lipinski definition) is 6. The van der Waals surface area contributed by atoms with Gasteiger partial charge in [0.05, 0.1) is 16.6 Å². The van der Waals surface area contributed by atoms with Crippen LogP contribution in [0.2, 0.25) is 0 Å². The molecule has 0 fully saturated rings. The fraction of sp³-hybridized carbons (Fsp3) is 0.136. The number of benzene rings is 2. The van der Waals surface area contributed by atoms with Gasteiger partial charge in [-0.3, -0.25) is 4.79 Å². The minimum absolute atomic E-state index is 0.113. The van der Waals surface area contributed by atoms with E-state index in [0.717, 1.165) is 16.1 Å². The van der Waals surface area contributed by atoms with Gasteiger partial charge in [-0.05, 0) is 60.3 Å². The maximum absolute atomic E-state index is 12.6. The van der Waals surface area contributed by atoms with Gasteiger partial charge in [0, 0.05) is 17.0 Å². The summed E-state index contributed by atoms with van der Waals surface area (Å²) in [5.74, 6) is -0.284. The van der Waals surface area contributed by atoms with Crippen LogP contribution in [0.25, 0.3) is 5.69 Å². The molecule has 4 aromatic rings. The smallest absolute Gasteiger partial charge is 0.251 e. The van der Waals surface area contributed by atoms with Gasteiger partial charge in [0.1, 0.15) is 12.7 Å². The number of rotatable bonds is 8. The fourth-order valence-electron chi connectivity index (χ4n) is 3.07. The van der Waals surface area contributed by atoms with E-state index in [4.69, 9.17) is 0 Å². The van der Waals surface area contributed by atoms with Crippen molar-refractivity contribution in [3.05, 3.63) is 94.7 Å². The summed E-state index contributed by atoms with van der Waals surface area (Å²) in [5.41, 5.74) is 2.18. The molecule has 8 nitrogen and oxygen atoms in total. The zero-order chi connectivity index (χ0) is 22.6. The van der Waals surface area contributed by atoms with Gasteiger partial charge in [-0.15, -0.1) is 11.3 Å². The molecule has 4 rings (SSSR count). The van der Waals surface area contributed by atoms with Crippen LogP contribution in [-0.4, -0.2) is 29.1 Å². The Morgan fingerprint density at radius 1 is 1.09 bits per heavy atom. The molecule has 0 aliphatic carbocycles. The quantitative estimate of drug-likeness (QED) is 0.414. The van der Waals surface area contributed by atoms with Gasteiger partial charge in [0.2, 0.25) is 10.0 Å². The van der Waals surface area contributed by atoms with Crippen molar-refractivity contribution in [1.29, 1.82) is 0 Å². The minimum Gasteiger partial charge on any atom is -0.346 e. The third-order valence-electron chi connectivity index (χ3n) is 4.87. The van der Waals surface area contributed by atoms with Crippen LogP contribution in [-0.2, 0) is 16.6 Å². The molecule has 0 saturated carbocycles. The monoisotopic (exact) mass is 467 g/mol. The Hall–Kier alpha value is -3.34. The normalized spacial score (nSPS) is 12.4. The Labute approximate surface area is 190 Å². The van der Waals surface area contributed by atoms with Crippen molar-refractivity contribution >= 4 is 27.3 Å². The molecule has 1 unspecified atom stereocenters. The summed E-state index contributed by atoms with van der Waals surface area (Å²) in [6.45, 7) is 2.12. The van der Waals surface area contributed by atoms with Crippen LogP contribution in [0.15, 0.2) is 83.6 Å². The van der Waals surface area contributed by atoms with E-state index >= 15 is 0 Å². The lowest BCUT2D eigenvalue weighted by Crippen LogP contribution is -2.27. The second-order valence-corrected chi connectivity index (χ2v) is 9.85. The summed E-state index contributed by atoms with van der Waals surface area (Å²) >= 11 is 1.48. The van der Waals surface area contributed by atoms with Gasteiger partial charge in [-0.2, -0.15) is 5.10 Å². The van der Waals surface area contributed by atoms with Crippen molar-refractivity contribution < 1.29 is 13.2 Å². The van der Waals surface area contributed by atoms with Crippen molar-refractivity contribution in [3.63, 3.8) is 0 Å². The maximum Gasteiger partial charge on any atom is 0.251 e. The molecule has 0 radical (unpaired) electrons. The summed E-state index contributed by atoms with van der Waals surface area (Å²) in [4.78, 5) is 17.6. The lowest BCUT2D eigenvalue weighted by molar-refractivity contribution is 0.0940.